The maximum atomic E-state index is 12.6. The van der Waals surface area contributed by atoms with E-state index in [0.29, 0.717) is 11.4 Å². The number of fused-ring (bicyclic) bond motifs is 1. The first-order valence-corrected chi connectivity index (χ1v) is 10.7. The summed E-state index contributed by atoms with van der Waals surface area (Å²) in [7, 11) is -4.00. The summed E-state index contributed by atoms with van der Waals surface area (Å²) < 4.78 is 30.4. The topological polar surface area (TPSA) is 93.7 Å². The van der Waals surface area contributed by atoms with Gasteiger partial charge in [0.2, 0.25) is 0 Å². The fourth-order valence-electron chi connectivity index (χ4n) is 2.84. The highest BCUT2D eigenvalue weighted by molar-refractivity contribution is 7.87. The Morgan fingerprint density at radius 1 is 0.710 bits per heavy atom. The second-order valence-corrected chi connectivity index (χ2v) is 8.09. The van der Waals surface area contributed by atoms with Crippen molar-refractivity contribution < 1.29 is 22.2 Å². The van der Waals surface area contributed by atoms with Crippen LogP contribution in [0.15, 0.2) is 102 Å². The molecule has 7 nitrogen and oxygen atoms in total. The van der Waals surface area contributed by atoms with Crippen LogP contribution >= 0.6 is 0 Å². The molecule has 0 fully saturated rings. The minimum Gasteiger partial charge on any atom is -0.379 e. The molecule has 0 aliphatic rings. The van der Waals surface area contributed by atoms with Gasteiger partial charge in [-0.1, -0.05) is 48.5 Å². The van der Waals surface area contributed by atoms with Crippen molar-refractivity contribution >= 4 is 32.6 Å². The van der Waals surface area contributed by atoms with Crippen LogP contribution in [0.4, 0.5) is 10.5 Å². The molecule has 0 aliphatic carbocycles. The second-order valence-electron chi connectivity index (χ2n) is 6.54. The second kappa shape index (κ2) is 8.76. The SMILES string of the molecule is O=C(NOc1ccccc1)Nc1ccc(OS(=O)(=O)c2ccc3ccccc3c2)cc1. The molecule has 4 aromatic rings. The molecule has 31 heavy (non-hydrogen) atoms. The Kier molecular flexibility index (Phi) is 5.72. The van der Waals surface area contributed by atoms with E-state index in [4.69, 9.17) is 9.02 Å². The largest absolute Gasteiger partial charge is 0.379 e. The maximum Gasteiger partial charge on any atom is 0.352 e. The van der Waals surface area contributed by atoms with Gasteiger partial charge in [0.15, 0.2) is 5.75 Å². The Morgan fingerprint density at radius 2 is 1.39 bits per heavy atom. The minimum absolute atomic E-state index is 0.0610. The van der Waals surface area contributed by atoms with Crippen molar-refractivity contribution in [3.05, 3.63) is 97.1 Å². The summed E-state index contributed by atoms with van der Waals surface area (Å²) in [6.07, 6.45) is 0. The number of nitrogens with one attached hydrogen (secondary N) is 2. The summed E-state index contributed by atoms with van der Waals surface area (Å²) in [6, 6.07) is 26.4. The van der Waals surface area contributed by atoms with Gasteiger partial charge in [-0.2, -0.15) is 13.9 Å². The Bertz CT molecular complexity index is 1310. The highest BCUT2D eigenvalue weighted by Crippen LogP contribution is 2.24. The Balaban J connectivity index is 1.38. The molecule has 0 atom stereocenters. The zero-order valence-electron chi connectivity index (χ0n) is 16.2. The molecule has 2 amide bonds. The van der Waals surface area contributed by atoms with Gasteiger partial charge in [-0.05, 0) is 59.3 Å². The lowest BCUT2D eigenvalue weighted by atomic mass is 10.1. The predicted molar refractivity (Wildman–Crippen MR) is 117 cm³/mol. The fourth-order valence-corrected chi connectivity index (χ4v) is 3.81. The van der Waals surface area contributed by atoms with Crippen molar-refractivity contribution in [1.29, 1.82) is 0 Å². The number of carbonyl (C=O) groups is 1. The number of hydroxylamine groups is 1. The molecule has 156 valence electrons. The van der Waals surface area contributed by atoms with Crippen LogP contribution in [0.5, 0.6) is 11.5 Å². The molecule has 0 radical (unpaired) electrons. The molecule has 0 saturated carbocycles. The third kappa shape index (κ3) is 5.12. The lowest BCUT2D eigenvalue weighted by molar-refractivity contribution is 0.189. The van der Waals surface area contributed by atoms with Crippen LogP contribution in [0.3, 0.4) is 0 Å². The standard InChI is InChI=1S/C23H18N2O5S/c26-23(25-29-20-8-2-1-3-9-20)24-19-11-13-21(14-12-19)30-31(27,28)22-15-10-17-6-4-5-7-18(17)16-22/h1-16H,(H2,24,25,26). The summed E-state index contributed by atoms with van der Waals surface area (Å²) >= 11 is 0. The van der Waals surface area contributed by atoms with Crippen molar-refractivity contribution in [2.45, 2.75) is 4.90 Å². The first kappa shape index (κ1) is 20.2. The van der Waals surface area contributed by atoms with Gasteiger partial charge < -0.3 is 14.3 Å². The van der Waals surface area contributed by atoms with Gasteiger partial charge >= 0.3 is 16.1 Å². The molecule has 0 spiro atoms. The smallest absolute Gasteiger partial charge is 0.352 e. The van der Waals surface area contributed by atoms with Gasteiger partial charge in [-0.25, -0.2) is 4.79 Å². The van der Waals surface area contributed by atoms with Crippen LogP contribution in [-0.2, 0) is 10.1 Å². The molecular weight excluding hydrogens is 416 g/mol. The Morgan fingerprint density at radius 3 is 2.13 bits per heavy atom. The molecule has 4 aromatic carbocycles. The van der Waals surface area contributed by atoms with Crippen LogP contribution in [0.2, 0.25) is 0 Å². The van der Waals surface area contributed by atoms with Gasteiger partial charge in [0.25, 0.3) is 0 Å². The summed E-state index contributed by atoms with van der Waals surface area (Å²) in [5, 5.41) is 4.31. The highest BCUT2D eigenvalue weighted by Gasteiger charge is 2.17. The summed E-state index contributed by atoms with van der Waals surface area (Å²) in [5.41, 5.74) is 2.69. The van der Waals surface area contributed by atoms with Crippen molar-refractivity contribution in [1.82, 2.24) is 5.48 Å². The van der Waals surface area contributed by atoms with Crippen LogP contribution < -0.4 is 19.8 Å². The van der Waals surface area contributed by atoms with E-state index in [1.807, 2.05) is 30.3 Å². The number of hydrogen-bond acceptors (Lipinski definition) is 5. The van der Waals surface area contributed by atoms with E-state index in [9.17, 15) is 13.2 Å². The number of rotatable bonds is 6. The van der Waals surface area contributed by atoms with Crippen molar-refractivity contribution in [2.75, 3.05) is 5.32 Å². The molecule has 0 unspecified atom stereocenters. The first-order chi connectivity index (χ1) is 15.0. The molecule has 0 aliphatic heterocycles. The summed E-state index contributed by atoms with van der Waals surface area (Å²) in [6.45, 7) is 0. The van der Waals surface area contributed by atoms with Crippen molar-refractivity contribution in [3.8, 4) is 11.5 Å². The van der Waals surface area contributed by atoms with E-state index in [1.165, 1.54) is 30.3 Å². The van der Waals surface area contributed by atoms with Gasteiger partial charge in [0, 0.05) is 5.69 Å². The van der Waals surface area contributed by atoms with Crippen LogP contribution in [0.1, 0.15) is 0 Å². The van der Waals surface area contributed by atoms with E-state index in [2.05, 4.69) is 10.8 Å². The number of anilines is 1. The van der Waals surface area contributed by atoms with Gasteiger partial charge in [0.05, 0.1) is 0 Å². The minimum atomic E-state index is -4.00. The molecule has 0 saturated heterocycles. The molecule has 0 aromatic heterocycles. The van der Waals surface area contributed by atoms with Crippen LogP contribution in [0.25, 0.3) is 10.8 Å². The lowest BCUT2D eigenvalue weighted by Gasteiger charge is -2.10. The number of urea groups is 1. The summed E-state index contributed by atoms with van der Waals surface area (Å²) in [4.78, 5) is 17.1. The molecular formula is C23H18N2O5S. The fraction of sp³-hybridized carbons (Fsp3) is 0. The number of para-hydroxylation sites is 1. The molecule has 2 N–H and O–H groups in total. The maximum absolute atomic E-state index is 12.6. The molecule has 0 bridgehead atoms. The van der Waals surface area contributed by atoms with E-state index >= 15 is 0 Å². The highest BCUT2D eigenvalue weighted by atomic mass is 32.2. The average Bonchev–Trinajstić information content (AvgIpc) is 2.79. The lowest BCUT2D eigenvalue weighted by Crippen LogP contribution is -2.31. The zero-order valence-corrected chi connectivity index (χ0v) is 17.0. The van der Waals surface area contributed by atoms with E-state index in [0.717, 1.165) is 10.8 Å². The molecule has 4 rings (SSSR count). The molecule has 8 heteroatoms. The van der Waals surface area contributed by atoms with E-state index in [1.54, 1.807) is 36.4 Å². The van der Waals surface area contributed by atoms with Crippen LogP contribution in [0, 0.1) is 0 Å². The van der Waals surface area contributed by atoms with Gasteiger partial charge in [-0.3, -0.25) is 0 Å². The Labute approximate surface area is 179 Å². The van der Waals surface area contributed by atoms with Gasteiger partial charge in [-0.15, -0.1) is 0 Å². The summed E-state index contributed by atoms with van der Waals surface area (Å²) in [5.74, 6) is 0.611. The third-order valence-electron chi connectivity index (χ3n) is 4.33. The van der Waals surface area contributed by atoms with Crippen molar-refractivity contribution in [2.24, 2.45) is 0 Å². The average molecular weight is 434 g/mol. The number of hydrogen-bond donors (Lipinski definition) is 2. The normalized spacial score (nSPS) is 11.0. The number of carbonyl (C=O) groups excluding carboxylic acids is 1. The Hall–Kier alpha value is -4.04. The molecule has 0 heterocycles. The zero-order chi connectivity index (χ0) is 21.7. The number of amides is 2. The van der Waals surface area contributed by atoms with E-state index in [-0.39, 0.29) is 10.6 Å². The van der Waals surface area contributed by atoms with Gasteiger partial charge in [0.1, 0.15) is 10.6 Å². The van der Waals surface area contributed by atoms with E-state index < -0.39 is 16.1 Å². The number of benzene rings is 4. The monoisotopic (exact) mass is 434 g/mol. The predicted octanol–water partition coefficient (Wildman–Crippen LogP) is 4.72. The van der Waals surface area contributed by atoms with Crippen molar-refractivity contribution in [3.63, 3.8) is 0 Å². The quantitative estimate of drug-likeness (QED) is 0.338. The van der Waals surface area contributed by atoms with Crippen LogP contribution in [-0.4, -0.2) is 14.4 Å². The first-order valence-electron chi connectivity index (χ1n) is 9.32. The third-order valence-corrected chi connectivity index (χ3v) is 5.58.